The monoisotopic (exact) mass is 387 g/mol. The number of ether oxygens (including phenoxy) is 2. The topological polar surface area (TPSA) is 30.5 Å². The number of rotatable bonds is 8. The highest BCUT2D eigenvalue weighted by Crippen LogP contribution is 2.26. The molecule has 0 saturated heterocycles. The molecule has 5 heteroatoms. The quantitative estimate of drug-likeness (QED) is 0.476. The predicted molar refractivity (Wildman–Crippen MR) is 108 cm³/mol. The largest absolute Gasteiger partial charge is 0.490 e. The molecule has 0 unspecified atom stereocenters. The van der Waals surface area contributed by atoms with E-state index in [2.05, 4.69) is 5.32 Å². The molecular formula is C21H19Cl2NO2. The van der Waals surface area contributed by atoms with E-state index in [0.717, 1.165) is 22.7 Å². The summed E-state index contributed by atoms with van der Waals surface area (Å²) in [6.45, 7) is 1.61. The second-order valence-electron chi connectivity index (χ2n) is 5.64. The van der Waals surface area contributed by atoms with Gasteiger partial charge in [-0.3, -0.25) is 0 Å². The van der Waals surface area contributed by atoms with Crippen LogP contribution in [0.5, 0.6) is 11.5 Å². The summed E-state index contributed by atoms with van der Waals surface area (Å²) in [7, 11) is 0. The van der Waals surface area contributed by atoms with Gasteiger partial charge in [0.2, 0.25) is 0 Å². The molecule has 0 aliphatic heterocycles. The molecule has 0 aromatic heterocycles. The van der Waals surface area contributed by atoms with Crippen molar-refractivity contribution in [2.45, 2.75) is 6.54 Å². The minimum atomic E-state index is 0.481. The Labute approximate surface area is 163 Å². The maximum atomic E-state index is 6.18. The van der Waals surface area contributed by atoms with Gasteiger partial charge in [-0.2, -0.15) is 0 Å². The Morgan fingerprint density at radius 2 is 1.46 bits per heavy atom. The lowest BCUT2D eigenvalue weighted by Gasteiger charge is -2.11. The summed E-state index contributed by atoms with van der Waals surface area (Å²) in [4.78, 5) is 0. The lowest BCUT2D eigenvalue weighted by Crippen LogP contribution is -2.09. The number of benzene rings is 3. The van der Waals surface area contributed by atoms with E-state index in [9.17, 15) is 0 Å². The van der Waals surface area contributed by atoms with E-state index in [1.165, 1.54) is 0 Å². The summed E-state index contributed by atoms with van der Waals surface area (Å²) in [5, 5.41) is 4.52. The molecule has 26 heavy (non-hydrogen) atoms. The van der Waals surface area contributed by atoms with Crippen molar-refractivity contribution < 1.29 is 9.47 Å². The Kier molecular flexibility index (Phi) is 6.64. The number of para-hydroxylation sites is 1. The van der Waals surface area contributed by atoms with Gasteiger partial charge in [0.1, 0.15) is 24.7 Å². The van der Waals surface area contributed by atoms with Crippen molar-refractivity contribution >= 4 is 28.9 Å². The Hall–Kier alpha value is -2.36. The highest BCUT2D eigenvalue weighted by Gasteiger charge is 2.02. The molecule has 3 aromatic rings. The van der Waals surface area contributed by atoms with Gasteiger partial charge in [-0.15, -0.1) is 0 Å². The molecule has 0 saturated carbocycles. The van der Waals surface area contributed by atoms with Crippen molar-refractivity contribution in [3.8, 4) is 11.5 Å². The molecule has 3 aromatic carbocycles. The summed E-state index contributed by atoms with van der Waals surface area (Å²) >= 11 is 12.1. The van der Waals surface area contributed by atoms with Crippen molar-refractivity contribution in [2.24, 2.45) is 0 Å². The zero-order valence-corrected chi connectivity index (χ0v) is 15.6. The second-order valence-corrected chi connectivity index (χ2v) is 6.48. The van der Waals surface area contributed by atoms with E-state index in [0.29, 0.717) is 29.8 Å². The molecule has 134 valence electrons. The molecule has 0 amide bonds. The van der Waals surface area contributed by atoms with Gasteiger partial charge >= 0.3 is 0 Å². The first-order chi connectivity index (χ1) is 12.7. The first-order valence-corrected chi connectivity index (χ1v) is 9.05. The minimum Gasteiger partial charge on any atom is -0.490 e. The molecule has 1 N–H and O–H groups in total. The zero-order chi connectivity index (χ0) is 18.2. The fraction of sp³-hybridized carbons (Fsp3) is 0.143. The molecule has 3 rings (SSSR count). The van der Waals surface area contributed by atoms with Crippen LogP contribution in [-0.2, 0) is 6.54 Å². The molecular weight excluding hydrogens is 369 g/mol. The highest BCUT2D eigenvalue weighted by atomic mass is 35.5. The number of hydrogen-bond donors (Lipinski definition) is 1. The van der Waals surface area contributed by atoms with Crippen molar-refractivity contribution in [2.75, 3.05) is 18.5 Å². The van der Waals surface area contributed by atoms with E-state index in [1.54, 1.807) is 6.07 Å². The van der Waals surface area contributed by atoms with Crippen LogP contribution in [-0.4, -0.2) is 13.2 Å². The molecule has 0 aliphatic rings. The van der Waals surface area contributed by atoms with Crippen LogP contribution in [0.15, 0.2) is 72.8 Å². The summed E-state index contributed by atoms with van der Waals surface area (Å²) in [6.07, 6.45) is 0. The van der Waals surface area contributed by atoms with Crippen LogP contribution in [0, 0.1) is 0 Å². The Morgan fingerprint density at radius 3 is 2.23 bits per heavy atom. The van der Waals surface area contributed by atoms with Crippen molar-refractivity contribution in [3.63, 3.8) is 0 Å². The molecule has 0 atom stereocenters. The third-order valence-electron chi connectivity index (χ3n) is 3.68. The van der Waals surface area contributed by atoms with Crippen molar-refractivity contribution in [3.05, 3.63) is 88.4 Å². The van der Waals surface area contributed by atoms with Crippen LogP contribution in [0.1, 0.15) is 5.56 Å². The fourth-order valence-corrected chi connectivity index (χ4v) is 2.89. The number of hydrogen-bond acceptors (Lipinski definition) is 3. The lowest BCUT2D eigenvalue weighted by molar-refractivity contribution is 0.217. The second kappa shape index (κ2) is 9.37. The minimum absolute atomic E-state index is 0.481. The summed E-state index contributed by atoms with van der Waals surface area (Å²) in [5.74, 6) is 1.65. The Bertz CT molecular complexity index is 840. The maximum absolute atomic E-state index is 6.18. The van der Waals surface area contributed by atoms with Gasteiger partial charge in [0.05, 0.1) is 10.7 Å². The number of halogens is 2. The number of anilines is 1. The van der Waals surface area contributed by atoms with Gasteiger partial charge in [-0.1, -0.05) is 53.5 Å². The van der Waals surface area contributed by atoms with E-state index in [4.69, 9.17) is 32.7 Å². The molecule has 0 heterocycles. The van der Waals surface area contributed by atoms with E-state index >= 15 is 0 Å². The first-order valence-electron chi connectivity index (χ1n) is 8.29. The van der Waals surface area contributed by atoms with Gasteiger partial charge in [0.15, 0.2) is 0 Å². The van der Waals surface area contributed by atoms with E-state index in [1.807, 2.05) is 66.7 Å². The van der Waals surface area contributed by atoms with Crippen molar-refractivity contribution in [1.29, 1.82) is 0 Å². The summed E-state index contributed by atoms with van der Waals surface area (Å²) in [5.41, 5.74) is 1.94. The molecule has 0 radical (unpaired) electrons. The Balaban J connectivity index is 1.48. The molecule has 0 bridgehead atoms. The normalized spacial score (nSPS) is 10.4. The standard InChI is InChI=1S/C21H19Cl2NO2/c22-17-9-10-21(20(23)14-17)24-15-16-5-4-8-19(13-16)26-12-11-25-18-6-2-1-3-7-18/h1-10,13-14,24H,11-12,15H2. The van der Waals surface area contributed by atoms with Gasteiger partial charge in [-0.05, 0) is 48.0 Å². The van der Waals surface area contributed by atoms with Crippen molar-refractivity contribution in [1.82, 2.24) is 0 Å². The SMILES string of the molecule is Clc1ccc(NCc2cccc(OCCOc3ccccc3)c2)c(Cl)c1. The highest BCUT2D eigenvalue weighted by molar-refractivity contribution is 6.36. The molecule has 0 fully saturated rings. The first kappa shape index (κ1) is 18.4. The molecule has 0 aliphatic carbocycles. The summed E-state index contributed by atoms with van der Waals surface area (Å²) < 4.78 is 11.4. The van der Waals surface area contributed by atoms with Gasteiger partial charge in [-0.25, -0.2) is 0 Å². The zero-order valence-electron chi connectivity index (χ0n) is 14.1. The fourth-order valence-electron chi connectivity index (χ4n) is 2.41. The van der Waals surface area contributed by atoms with Crippen LogP contribution in [0.2, 0.25) is 10.0 Å². The summed E-state index contributed by atoms with van der Waals surface area (Å²) in [6, 6.07) is 23.0. The van der Waals surface area contributed by atoms with E-state index in [-0.39, 0.29) is 0 Å². The number of nitrogens with one attached hydrogen (secondary N) is 1. The predicted octanol–water partition coefficient (Wildman–Crippen LogP) is 6.06. The van der Waals surface area contributed by atoms with Gasteiger partial charge < -0.3 is 14.8 Å². The van der Waals surface area contributed by atoms with Crippen LogP contribution < -0.4 is 14.8 Å². The van der Waals surface area contributed by atoms with Crippen LogP contribution in [0.3, 0.4) is 0 Å². The van der Waals surface area contributed by atoms with Gasteiger partial charge in [0, 0.05) is 11.6 Å². The smallest absolute Gasteiger partial charge is 0.122 e. The third-order valence-corrected chi connectivity index (χ3v) is 4.22. The molecule has 3 nitrogen and oxygen atoms in total. The van der Waals surface area contributed by atoms with E-state index < -0.39 is 0 Å². The molecule has 0 spiro atoms. The van der Waals surface area contributed by atoms with Crippen LogP contribution in [0.4, 0.5) is 5.69 Å². The average Bonchev–Trinajstić information content (AvgIpc) is 2.66. The van der Waals surface area contributed by atoms with Crippen LogP contribution in [0.25, 0.3) is 0 Å². The average molecular weight is 388 g/mol. The van der Waals surface area contributed by atoms with Gasteiger partial charge in [0.25, 0.3) is 0 Å². The maximum Gasteiger partial charge on any atom is 0.122 e. The third kappa shape index (κ3) is 5.58. The van der Waals surface area contributed by atoms with Crippen LogP contribution >= 0.6 is 23.2 Å². The Morgan fingerprint density at radius 1 is 0.731 bits per heavy atom. The lowest BCUT2D eigenvalue weighted by atomic mass is 10.2.